The van der Waals surface area contributed by atoms with E-state index in [0.717, 1.165) is 40.9 Å². The molecule has 1 aliphatic rings. The molecule has 2 N–H and O–H groups in total. The number of aryl methyl sites for hydroxylation is 2. The normalized spacial score (nSPS) is 13.1. The van der Waals surface area contributed by atoms with Gasteiger partial charge in [0.25, 0.3) is 0 Å². The second kappa shape index (κ2) is 6.68. The number of H-pyrrole nitrogens is 1. The standard InChI is InChI=1S/C17H17N9OS/c1-9-3-5-18-16(20-9)23-17-22-14-11-7-19-24-15(11)26(6-4-12(14)28-17)8-13-21-10(2)27-25-13/h3,5,7H,4,6,8H2,1-2H3,(H,19,24)(H,18,20,22,23). The van der Waals surface area contributed by atoms with E-state index in [2.05, 4.69) is 40.5 Å². The summed E-state index contributed by atoms with van der Waals surface area (Å²) in [6, 6.07) is 1.86. The number of aromatic amines is 1. The Morgan fingerprint density at radius 1 is 1.29 bits per heavy atom. The van der Waals surface area contributed by atoms with Crippen molar-refractivity contribution in [3.63, 3.8) is 0 Å². The highest BCUT2D eigenvalue weighted by atomic mass is 32.1. The third kappa shape index (κ3) is 3.09. The summed E-state index contributed by atoms with van der Waals surface area (Å²) in [5, 5.41) is 15.3. The van der Waals surface area contributed by atoms with Gasteiger partial charge in [-0.3, -0.25) is 5.10 Å². The lowest BCUT2D eigenvalue weighted by atomic mass is 10.2. The highest BCUT2D eigenvalue weighted by Gasteiger charge is 2.26. The lowest BCUT2D eigenvalue weighted by Gasteiger charge is -2.20. The molecule has 0 bridgehead atoms. The van der Waals surface area contributed by atoms with Gasteiger partial charge in [0.15, 0.2) is 11.0 Å². The lowest BCUT2D eigenvalue weighted by Crippen LogP contribution is -2.25. The number of rotatable bonds is 4. The summed E-state index contributed by atoms with van der Waals surface area (Å²) in [5.74, 6) is 2.66. The molecule has 0 saturated carbocycles. The lowest BCUT2D eigenvalue weighted by molar-refractivity contribution is 0.387. The van der Waals surface area contributed by atoms with Crippen molar-refractivity contribution in [1.29, 1.82) is 0 Å². The Kier molecular flexibility index (Phi) is 4.01. The molecule has 28 heavy (non-hydrogen) atoms. The molecule has 0 aromatic carbocycles. The number of nitrogens with zero attached hydrogens (tertiary/aromatic N) is 7. The van der Waals surface area contributed by atoms with Gasteiger partial charge in [-0.25, -0.2) is 15.0 Å². The molecule has 0 saturated heterocycles. The van der Waals surface area contributed by atoms with Crippen LogP contribution in [0.5, 0.6) is 0 Å². The van der Waals surface area contributed by atoms with E-state index in [-0.39, 0.29) is 0 Å². The van der Waals surface area contributed by atoms with E-state index >= 15 is 0 Å². The van der Waals surface area contributed by atoms with Crippen LogP contribution in [0.25, 0.3) is 11.3 Å². The SMILES string of the molecule is Cc1ccnc(Nc2nc3c(s2)CCN(Cc2noc(C)n2)c2[nH]ncc2-3)n1. The number of aromatic nitrogens is 7. The third-order valence-corrected chi connectivity index (χ3v) is 5.44. The van der Waals surface area contributed by atoms with E-state index in [1.807, 2.05) is 13.0 Å². The largest absolute Gasteiger partial charge is 0.348 e. The summed E-state index contributed by atoms with van der Waals surface area (Å²) in [6.45, 7) is 5.05. The first-order valence-corrected chi connectivity index (χ1v) is 9.61. The van der Waals surface area contributed by atoms with Crippen molar-refractivity contribution >= 4 is 28.2 Å². The molecule has 142 valence electrons. The molecule has 0 unspecified atom stereocenters. The maximum absolute atomic E-state index is 5.09. The first-order valence-electron chi connectivity index (χ1n) is 8.80. The first-order chi connectivity index (χ1) is 13.7. The van der Waals surface area contributed by atoms with Crippen molar-refractivity contribution in [3.05, 3.63) is 40.7 Å². The fourth-order valence-electron chi connectivity index (χ4n) is 3.17. The molecular formula is C17H17N9OS. The van der Waals surface area contributed by atoms with E-state index in [1.54, 1.807) is 30.7 Å². The molecule has 1 aliphatic heterocycles. The monoisotopic (exact) mass is 395 g/mol. The van der Waals surface area contributed by atoms with Crippen LogP contribution in [-0.2, 0) is 13.0 Å². The zero-order chi connectivity index (χ0) is 19.1. The zero-order valence-electron chi connectivity index (χ0n) is 15.3. The number of thiazole rings is 1. The summed E-state index contributed by atoms with van der Waals surface area (Å²) < 4.78 is 5.09. The number of anilines is 3. The second-order valence-corrected chi connectivity index (χ2v) is 7.55. The van der Waals surface area contributed by atoms with Crippen LogP contribution >= 0.6 is 11.3 Å². The van der Waals surface area contributed by atoms with E-state index in [0.29, 0.717) is 24.2 Å². The Bertz CT molecular complexity index is 1130. The molecule has 4 aromatic rings. The predicted octanol–water partition coefficient (Wildman–Crippen LogP) is 2.63. The van der Waals surface area contributed by atoms with Gasteiger partial charge >= 0.3 is 0 Å². The van der Waals surface area contributed by atoms with Gasteiger partial charge in [-0.2, -0.15) is 10.1 Å². The highest BCUT2D eigenvalue weighted by molar-refractivity contribution is 7.16. The molecule has 0 atom stereocenters. The van der Waals surface area contributed by atoms with Crippen molar-refractivity contribution < 1.29 is 4.52 Å². The maximum atomic E-state index is 5.09. The van der Waals surface area contributed by atoms with Gasteiger partial charge in [0, 0.05) is 36.7 Å². The topological polar surface area (TPSA) is 122 Å². The quantitative estimate of drug-likeness (QED) is 0.537. The smallest absolute Gasteiger partial charge is 0.229 e. The van der Waals surface area contributed by atoms with Gasteiger partial charge in [-0.1, -0.05) is 5.16 Å². The molecule has 0 radical (unpaired) electrons. The molecular weight excluding hydrogens is 378 g/mol. The Morgan fingerprint density at radius 3 is 3.04 bits per heavy atom. The fraction of sp³-hybridized carbons (Fsp3) is 0.294. The minimum atomic E-state index is 0.545. The molecule has 10 nitrogen and oxygen atoms in total. The fourth-order valence-corrected chi connectivity index (χ4v) is 4.12. The molecule has 5 rings (SSSR count). The van der Waals surface area contributed by atoms with Crippen LogP contribution in [-0.4, -0.2) is 41.8 Å². The van der Waals surface area contributed by atoms with Gasteiger partial charge in [-0.05, 0) is 13.0 Å². The van der Waals surface area contributed by atoms with Crippen molar-refractivity contribution in [2.75, 3.05) is 16.8 Å². The maximum Gasteiger partial charge on any atom is 0.229 e. The number of hydrogen-bond acceptors (Lipinski definition) is 10. The Balaban J connectivity index is 1.44. The van der Waals surface area contributed by atoms with Crippen LogP contribution < -0.4 is 10.2 Å². The summed E-state index contributed by atoms with van der Waals surface area (Å²) in [4.78, 5) is 21.1. The van der Waals surface area contributed by atoms with Crippen molar-refractivity contribution in [2.45, 2.75) is 26.8 Å². The molecule has 5 heterocycles. The van der Waals surface area contributed by atoms with Crippen molar-refractivity contribution in [3.8, 4) is 11.3 Å². The van der Waals surface area contributed by atoms with Crippen molar-refractivity contribution in [1.82, 2.24) is 35.3 Å². The Hall–Kier alpha value is -3.34. The van der Waals surface area contributed by atoms with Crippen molar-refractivity contribution in [2.24, 2.45) is 0 Å². The van der Waals surface area contributed by atoms with E-state index in [4.69, 9.17) is 9.51 Å². The van der Waals surface area contributed by atoms with Crippen LogP contribution in [0.4, 0.5) is 16.9 Å². The number of nitrogens with one attached hydrogen (secondary N) is 2. The third-order valence-electron chi connectivity index (χ3n) is 4.41. The zero-order valence-corrected chi connectivity index (χ0v) is 16.1. The highest BCUT2D eigenvalue weighted by Crippen LogP contribution is 2.39. The molecule has 0 amide bonds. The summed E-state index contributed by atoms with van der Waals surface area (Å²) in [5.41, 5.74) is 2.79. The van der Waals surface area contributed by atoms with Gasteiger partial charge in [0.1, 0.15) is 5.82 Å². The summed E-state index contributed by atoms with van der Waals surface area (Å²) in [6.07, 6.45) is 4.39. The van der Waals surface area contributed by atoms with Gasteiger partial charge in [0.2, 0.25) is 11.8 Å². The molecule has 0 fully saturated rings. The molecule has 11 heteroatoms. The van der Waals surface area contributed by atoms with Crippen LogP contribution in [0.1, 0.15) is 22.3 Å². The average molecular weight is 395 g/mol. The molecule has 0 spiro atoms. The molecule has 4 aromatic heterocycles. The van der Waals surface area contributed by atoms with Gasteiger partial charge in [0.05, 0.1) is 24.0 Å². The van der Waals surface area contributed by atoms with Crippen LogP contribution in [0, 0.1) is 13.8 Å². The van der Waals surface area contributed by atoms with E-state index in [1.165, 1.54) is 4.88 Å². The van der Waals surface area contributed by atoms with E-state index < -0.39 is 0 Å². The Labute approximate surface area is 164 Å². The van der Waals surface area contributed by atoms with Gasteiger partial charge < -0.3 is 14.7 Å². The van der Waals surface area contributed by atoms with E-state index in [9.17, 15) is 0 Å². The number of fused-ring (bicyclic) bond motifs is 3. The molecule has 0 aliphatic carbocycles. The first kappa shape index (κ1) is 16.8. The average Bonchev–Trinajstić information content (AvgIpc) is 3.37. The minimum absolute atomic E-state index is 0.545. The second-order valence-electron chi connectivity index (χ2n) is 6.47. The number of hydrogen-bond donors (Lipinski definition) is 2. The van der Waals surface area contributed by atoms with Gasteiger partial charge in [-0.15, -0.1) is 11.3 Å². The Morgan fingerprint density at radius 2 is 2.21 bits per heavy atom. The minimum Gasteiger partial charge on any atom is -0.348 e. The van der Waals surface area contributed by atoms with Crippen LogP contribution in [0.2, 0.25) is 0 Å². The summed E-state index contributed by atoms with van der Waals surface area (Å²) in [7, 11) is 0. The van der Waals surface area contributed by atoms with Crippen LogP contribution in [0.3, 0.4) is 0 Å². The van der Waals surface area contributed by atoms with Crippen LogP contribution in [0.15, 0.2) is 23.0 Å². The summed E-state index contributed by atoms with van der Waals surface area (Å²) >= 11 is 1.61. The predicted molar refractivity (Wildman–Crippen MR) is 104 cm³/mol.